The standard InChI is InChI=1S/C16H15FN4OS/c1-22-14-4-2-3-13(9-14)21-15(19-20-16(21)23)10-18-12-7-5-11(17)6-8-12/h2-9,18H,10H2,1H3,(H,20,23). The Kier molecular flexibility index (Phi) is 4.38. The van der Waals surface area contributed by atoms with Crippen molar-refractivity contribution in [3.8, 4) is 11.4 Å². The van der Waals surface area contributed by atoms with Gasteiger partial charge in [-0.15, -0.1) is 0 Å². The largest absolute Gasteiger partial charge is 0.497 e. The first kappa shape index (κ1) is 15.2. The van der Waals surface area contributed by atoms with Crippen molar-refractivity contribution in [2.75, 3.05) is 12.4 Å². The van der Waals surface area contributed by atoms with Crippen LogP contribution in [0.25, 0.3) is 5.69 Å². The van der Waals surface area contributed by atoms with Crippen molar-refractivity contribution in [3.05, 3.63) is 64.9 Å². The van der Waals surface area contributed by atoms with Gasteiger partial charge in [-0.05, 0) is 48.6 Å². The molecule has 0 aliphatic rings. The van der Waals surface area contributed by atoms with Crippen LogP contribution in [0.15, 0.2) is 48.5 Å². The van der Waals surface area contributed by atoms with Crippen LogP contribution in [0.1, 0.15) is 5.82 Å². The van der Waals surface area contributed by atoms with Crippen LogP contribution in [0.3, 0.4) is 0 Å². The average Bonchev–Trinajstić information content (AvgIpc) is 2.95. The molecule has 0 saturated heterocycles. The van der Waals surface area contributed by atoms with Crippen LogP contribution >= 0.6 is 12.2 Å². The van der Waals surface area contributed by atoms with E-state index in [1.165, 1.54) is 12.1 Å². The molecule has 0 amide bonds. The molecule has 3 rings (SSSR count). The minimum Gasteiger partial charge on any atom is -0.497 e. The first-order chi connectivity index (χ1) is 11.2. The van der Waals surface area contributed by atoms with Crippen LogP contribution in [0.4, 0.5) is 10.1 Å². The van der Waals surface area contributed by atoms with E-state index in [0.717, 1.165) is 17.1 Å². The molecule has 0 bridgehead atoms. The van der Waals surface area contributed by atoms with E-state index in [-0.39, 0.29) is 5.82 Å². The minimum atomic E-state index is -0.269. The summed E-state index contributed by atoms with van der Waals surface area (Å²) in [7, 11) is 1.62. The van der Waals surface area contributed by atoms with Crippen molar-refractivity contribution in [1.29, 1.82) is 0 Å². The van der Waals surface area contributed by atoms with Crippen LogP contribution in [-0.2, 0) is 6.54 Å². The molecule has 0 saturated carbocycles. The second kappa shape index (κ2) is 6.62. The number of aromatic amines is 1. The molecule has 3 aromatic rings. The summed E-state index contributed by atoms with van der Waals surface area (Å²) < 4.78 is 20.5. The van der Waals surface area contributed by atoms with Gasteiger partial charge >= 0.3 is 0 Å². The van der Waals surface area contributed by atoms with Crippen molar-refractivity contribution in [3.63, 3.8) is 0 Å². The van der Waals surface area contributed by atoms with Gasteiger partial charge in [0.05, 0.1) is 19.3 Å². The highest BCUT2D eigenvalue weighted by Crippen LogP contribution is 2.18. The lowest BCUT2D eigenvalue weighted by Gasteiger charge is -2.10. The number of benzene rings is 2. The maximum Gasteiger partial charge on any atom is 0.199 e. The molecule has 2 N–H and O–H groups in total. The SMILES string of the molecule is COc1cccc(-n2c(CNc3ccc(F)cc3)n[nH]c2=S)c1. The summed E-state index contributed by atoms with van der Waals surface area (Å²) >= 11 is 5.31. The van der Waals surface area contributed by atoms with Crippen molar-refractivity contribution >= 4 is 17.9 Å². The summed E-state index contributed by atoms with van der Waals surface area (Å²) in [5, 5.41) is 10.2. The Morgan fingerprint density at radius 2 is 2.04 bits per heavy atom. The summed E-state index contributed by atoms with van der Waals surface area (Å²) in [6.45, 7) is 0.440. The van der Waals surface area contributed by atoms with E-state index in [2.05, 4.69) is 15.5 Å². The Balaban J connectivity index is 1.86. The summed E-state index contributed by atoms with van der Waals surface area (Å²) in [4.78, 5) is 0. The zero-order chi connectivity index (χ0) is 16.2. The maximum atomic E-state index is 12.9. The fourth-order valence-corrected chi connectivity index (χ4v) is 2.47. The van der Waals surface area contributed by atoms with Gasteiger partial charge < -0.3 is 10.1 Å². The number of aromatic nitrogens is 3. The molecular formula is C16H15FN4OS. The Morgan fingerprint density at radius 3 is 2.78 bits per heavy atom. The molecule has 1 heterocycles. The van der Waals surface area contributed by atoms with Gasteiger partial charge in [0.1, 0.15) is 11.6 Å². The van der Waals surface area contributed by atoms with Gasteiger partial charge in [0.2, 0.25) is 0 Å². The van der Waals surface area contributed by atoms with Crippen molar-refractivity contribution in [2.45, 2.75) is 6.54 Å². The van der Waals surface area contributed by atoms with Crippen molar-refractivity contribution < 1.29 is 9.13 Å². The van der Waals surface area contributed by atoms with E-state index in [1.807, 2.05) is 28.8 Å². The number of rotatable bonds is 5. The maximum absolute atomic E-state index is 12.9. The molecule has 5 nitrogen and oxygen atoms in total. The summed E-state index contributed by atoms with van der Waals surface area (Å²) in [5.74, 6) is 1.19. The predicted octanol–water partition coefficient (Wildman–Crippen LogP) is 3.69. The summed E-state index contributed by atoms with van der Waals surface area (Å²) in [6.07, 6.45) is 0. The first-order valence-electron chi connectivity index (χ1n) is 6.97. The minimum absolute atomic E-state index is 0.269. The molecule has 0 spiro atoms. The topological polar surface area (TPSA) is 54.9 Å². The van der Waals surface area contributed by atoms with Gasteiger partial charge in [0.15, 0.2) is 10.6 Å². The van der Waals surface area contributed by atoms with Gasteiger partial charge in [0.25, 0.3) is 0 Å². The van der Waals surface area contributed by atoms with E-state index in [4.69, 9.17) is 17.0 Å². The van der Waals surface area contributed by atoms with Gasteiger partial charge in [0, 0.05) is 11.8 Å². The van der Waals surface area contributed by atoms with Crippen molar-refractivity contribution in [1.82, 2.24) is 14.8 Å². The monoisotopic (exact) mass is 330 g/mol. The third kappa shape index (κ3) is 3.40. The first-order valence-corrected chi connectivity index (χ1v) is 7.38. The zero-order valence-electron chi connectivity index (χ0n) is 12.4. The number of nitrogens with zero attached hydrogens (tertiary/aromatic N) is 2. The van der Waals surface area contributed by atoms with E-state index in [0.29, 0.717) is 17.1 Å². The van der Waals surface area contributed by atoms with Crippen LogP contribution in [0.2, 0.25) is 0 Å². The highest BCUT2D eigenvalue weighted by molar-refractivity contribution is 7.71. The molecule has 1 aromatic heterocycles. The third-order valence-electron chi connectivity index (χ3n) is 3.35. The molecule has 23 heavy (non-hydrogen) atoms. The smallest absolute Gasteiger partial charge is 0.199 e. The van der Waals surface area contributed by atoms with E-state index >= 15 is 0 Å². The van der Waals surface area contributed by atoms with Crippen LogP contribution in [-0.4, -0.2) is 21.9 Å². The lowest BCUT2D eigenvalue weighted by atomic mass is 10.3. The van der Waals surface area contributed by atoms with Crippen LogP contribution < -0.4 is 10.1 Å². The molecule has 2 aromatic carbocycles. The normalized spacial score (nSPS) is 10.5. The van der Waals surface area contributed by atoms with Gasteiger partial charge in [-0.25, -0.2) is 4.39 Å². The van der Waals surface area contributed by atoms with E-state index < -0.39 is 0 Å². The van der Waals surface area contributed by atoms with Gasteiger partial charge in [-0.1, -0.05) is 6.07 Å². The Bertz CT molecular complexity index is 857. The summed E-state index contributed by atoms with van der Waals surface area (Å²) in [6, 6.07) is 13.7. The number of hydrogen-bond donors (Lipinski definition) is 2. The molecular weight excluding hydrogens is 315 g/mol. The molecule has 0 radical (unpaired) electrons. The number of methoxy groups -OCH3 is 1. The van der Waals surface area contributed by atoms with E-state index in [1.54, 1.807) is 19.2 Å². The average molecular weight is 330 g/mol. The number of nitrogens with one attached hydrogen (secondary N) is 2. The number of ether oxygens (including phenoxy) is 1. The van der Waals surface area contributed by atoms with Crippen LogP contribution in [0, 0.1) is 10.6 Å². The number of H-pyrrole nitrogens is 1. The fraction of sp³-hybridized carbons (Fsp3) is 0.125. The third-order valence-corrected chi connectivity index (χ3v) is 3.62. The summed E-state index contributed by atoms with van der Waals surface area (Å²) in [5.41, 5.74) is 1.66. The number of halogens is 1. The number of anilines is 1. The number of hydrogen-bond acceptors (Lipinski definition) is 4. The Labute approximate surface area is 137 Å². The highest BCUT2D eigenvalue weighted by Gasteiger charge is 2.09. The van der Waals surface area contributed by atoms with Crippen molar-refractivity contribution in [2.24, 2.45) is 0 Å². The molecule has 0 fully saturated rings. The fourth-order valence-electron chi connectivity index (χ4n) is 2.21. The molecule has 7 heteroatoms. The molecule has 0 aliphatic carbocycles. The predicted molar refractivity (Wildman–Crippen MR) is 89.0 cm³/mol. The quantitative estimate of drug-likeness (QED) is 0.701. The Morgan fingerprint density at radius 1 is 1.26 bits per heavy atom. The molecule has 0 atom stereocenters. The van der Waals surface area contributed by atoms with Gasteiger partial charge in [-0.2, -0.15) is 5.10 Å². The molecule has 118 valence electrons. The van der Waals surface area contributed by atoms with Gasteiger partial charge in [-0.3, -0.25) is 9.67 Å². The molecule has 0 aliphatic heterocycles. The van der Waals surface area contributed by atoms with E-state index in [9.17, 15) is 4.39 Å². The van der Waals surface area contributed by atoms with Crippen LogP contribution in [0.5, 0.6) is 5.75 Å². The lowest BCUT2D eigenvalue weighted by molar-refractivity contribution is 0.414. The second-order valence-electron chi connectivity index (χ2n) is 4.84. The molecule has 0 unspecified atom stereocenters. The highest BCUT2D eigenvalue weighted by atomic mass is 32.1. The Hall–Kier alpha value is -2.67. The second-order valence-corrected chi connectivity index (χ2v) is 5.23. The lowest BCUT2D eigenvalue weighted by Crippen LogP contribution is -2.08. The zero-order valence-corrected chi connectivity index (χ0v) is 13.2.